The molecule has 1 unspecified atom stereocenters. The number of carbonyl (C=O) groups excluding carboxylic acids is 2. The van der Waals surface area contributed by atoms with Gasteiger partial charge < -0.3 is 14.9 Å². The standard InChI is InChI=1S/C23H25N3O5/c1-3-24(4-2)14-15-25-20(16-8-6-5-7-9-16)19(22(28)23(25)29)21(27)17-10-12-18(13-11-17)26(30)31/h5-13,20,27H,3-4,14-15H2,1-2H3/b21-19-. The maximum absolute atomic E-state index is 12.9. The van der Waals surface area contributed by atoms with E-state index in [2.05, 4.69) is 4.90 Å². The lowest BCUT2D eigenvalue weighted by atomic mass is 9.95. The van der Waals surface area contributed by atoms with Gasteiger partial charge >= 0.3 is 0 Å². The first-order chi connectivity index (χ1) is 14.9. The topological polar surface area (TPSA) is 104 Å². The molecule has 1 atom stereocenters. The van der Waals surface area contributed by atoms with Gasteiger partial charge in [-0.1, -0.05) is 44.2 Å². The second kappa shape index (κ2) is 9.53. The zero-order valence-electron chi connectivity index (χ0n) is 17.5. The zero-order chi connectivity index (χ0) is 22.5. The smallest absolute Gasteiger partial charge is 0.295 e. The van der Waals surface area contributed by atoms with Gasteiger partial charge in [0.05, 0.1) is 16.5 Å². The minimum absolute atomic E-state index is 0.00963. The summed E-state index contributed by atoms with van der Waals surface area (Å²) in [7, 11) is 0. The third kappa shape index (κ3) is 4.49. The first-order valence-electron chi connectivity index (χ1n) is 10.2. The summed E-state index contributed by atoms with van der Waals surface area (Å²) in [5, 5.41) is 21.9. The number of hydrogen-bond donors (Lipinski definition) is 1. The number of non-ortho nitro benzene ring substituents is 1. The number of nitro benzene ring substituents is 1. The van der Waals surface area contributed by atoms with E-state index in [1.165, 1.54) is 29.2 Å². The monoisotopic (exact) mass is 423 g/mol. The molecule has 162 valence electrons. The molecule has 2 aromatic rings. The van der Waals surface area contributed by atoms with Crippen molar-refractivity contribution in [3.63, 3.8) is 0 Å². The van der Waals surface area contributed by atoms with E-state index >= 15 is 0 Å². The van der Waals surface area contributed by atoms with Gasteiger partial charge in [-0.3, -0.25) is 19.7 Å². The second-order valence-electron chi connectivity index (χ2n) is 7.23. The van der Waals surface area contributed by atoms with E-state index in [1.54, 1.807) is 0 Å². The zero-order valence-corrected chi connectivity index (χ0v) is 17.5. The highest BCUT2D eigenvalue weighted by Gasteiger charge is 2.45. The van der Waals surface area contributed by atoms with Crippen molar-refractivity contribution >= 4 is 23.1 Å². The van der Waals surface area contributed by atoms with Gasteiger partial charge in [-0.15, -0.1) is 0 Å². The van der Waals surface area contributed by atoms with Crippen LogP contribution in [-0.2, 0) is 9.59 Å². The fourth-order valence-electron chi connectivity index (χ4n) is 3.78. The van der Waals surface area contributed by atoms with Crippen LogP contribution in [-0.4, -0.2) is 57.7 Å². The summed E-state index contributed by atoms with van der Waals surface area (Å²) in [6, 6.07) is 13.6. The van der Waals surface area contributed by atoms with Gasteiger partial charge in [0, 0.05) is 30.8 Å². The molecule has 8 nitrogen and oxygen atoms in total. The van der Waals surface area contributed by atoms with Gasteiger partial charge in [0.2, 0.25) is 0 Å². The van der Waals surface area contributed by atoms with Crippen molar-refractivity contribution < 1.29 is 19.6 Å². The lowest BCUT2D eigenvalue weighted by Gasteiger charge is -2.28. The van der Waals surface area contributed by atoms with Crippen LogP contribution in [0.15, 0.2) is 60.2 Å². The van der Waals surface area contributed by atoms with Gasteiger partial charge in [-0.05, 0) is 30.8 Å². The average Bonchev–Trinajstić information content (AvgIpc) is 3.05. The molecule has 3 rings (SSSR count). The third-order valence-corrected chi connectivity index (χ3v) is 5.56. The Balaban J connectivity index is 2.06. The molecule has 2 aromatic carbocycles. The van der Waals surface area contributed by atoms with Crippen molar-refractivity contribution in [1.82, 2.24) is 9.80 Å². The van der Waals surface area contributed by atoms with Crippen LogP contribution in [0.3, 0.4) is 0 Å². The van der Waals surface area contributed by atoms with E-state index in [9.17, 15) is 24.8 Å². The third-order valence-electron chi connectivity index (χ3n) is 5.56. The molecule has 1 heterocycles. The summed E-state index contributed by atoms with van der Waals surface area (Å²) in [6.45, 7) is 6.63. The molecule has 0 spiro atoms. The summed E-state index contributed by atoms with van der Waals surface area (Å²) in [5.74, 6) is -1.76. The van der Waals surface area contributed by atoms with Crippen LogP contribution in [0, 0.1) is 10.1 Å². The van der Waals surface area contributed by atoms with Crippen LogP contribution in [0.25, 0.3) is 5.76 Å². The molecule has 0 radical (unpaired) electrons. The predicted molar refractivity (Wildman–Crippen MR) is 116 cm³/mol. The number of likely N-dealkylation sites (tertiary alicyclic amines) is 1. The van der Waals surface area contributed by atoms with E-state index in [0.29, 0.717) is 18.7 Å². The number of likely N-dealkylation sites (N-methyl/N-ethyl adjacent to an activating group) is 1. The number of amides is 1. The van der Waals surface area contributed by atoms with Crippen LogP contribution in [0.1, 0.15) is 31.0 Å². The Bertz CT molecular complexity index is 998. The van der Waals surface area contributed by atoms with Crippen LogP contribution in [0.4, 0.5) is 5.69 Å². The molecule has 1 aliphatic heterocycles. The van der Waals surface area contributed by atoms with Crippen molar-refractivity contribution in [2.75, 3.05) is 26.2 Å². The van der Waals surface area contributed by atoms with E-state index in [1.807, 2.05) is 44.2 Å². The van der Waals surface area contributed by atoms with Crippen LogP contribution < -0.4 is 0 Å². The number of aliphatic hydroxyl groups excluding tert-OH is 1. The van der Waals surface area contributed by atoms with Gasteiger partial charge in [-0.25, -0.2) is 0 Å². The molecule has 0 aromatic heterocycles. The number of rotatable bonds is 8. The molecule has 31 heavy (non-hydrogen) atoms. The number of Topliss-reactive ketones (excluding diaryl/α,β-unsaturated/α-hetero) is 1. The summed E-state index contributed by atoms with van der Waals surface area (Å²) in [4.78, 5) is 39.8. The van der Waals surface area contributed by atoms with Crippen molar-refractivity contribution in [2.45, 2.75) is 19.9 Å². The quantitative estimate of drug-likeness (QED) is 0.230. The van der Waals surface area contributed by atoms with Crippen LogP contribution in [0.5, 0.6) is 0 Å². The van der Waals surface area contributed by atoms with Gasteiger partial charge in [0.25, 0.3) is 17.4 Å². The number of benzene rings is 2. The Labute approximate surface area is 180 Å². The largest absolute Gasteiger partial charge is 0.507 e. The predicted octanol–water partition coefficient (Wildman–Crippen LogP) is 3.36. The maximum atomic E-state index is 12.9. The molecule has 8 heteroatoms. The van der Waals surface area contributed by atoms with Gasteiger partial charge in [0.15, 0.2) is 0 Å². The molecule has 0 saturated carbocycles. The summed E-state index contributed by atoms with van der Waals surface area (Å²) in [5.41, 5.74) is 0.818. The summed E-state index contributed by atoms with van der Waals surface area (Å²) < 4.78 is 0. The second-order valence-corrected chi connectivity index (χ2v) is 7.23. The number of ketones is 1. The number of nitrogens with zero attached hydrogens (tertiary/aromatic N) is 3. The Morgan fingerprint density at radius 3 is 2.23 bits per heavy atom. The molecule has 1 amide bonds. The average molecular weight is 423 g/mol. The lowest BCUT2D eigenvalue weighted by Crippen LogP contribution is -2.38. The molecule has 0 bridgehead atoms. The Hall–Kier alpha value is -3.52. The van der Waals surface area contributed by atoms with Crippen molar-refractivity contribution in [2.24, 2.45) is 0 Å². The highest BCUT2D eigenvalue weighted by Crippen LogP contribution is 2.39. The minimum Gasteiger partial charge on any atom is -0.507 e. The molecular weight excluding hydrogens is 398 g/mol. The van der Waals surface area contributed by atoms with Gasteiger partial charge in [0.1, 0.15) is 5.76 Å². The van der Waals surface area contributed by atoms with Crippen molar-refractivity contribution in [3.05, 3.63) is 81.4 Å². The first kappa shape index (κ1) is 22.2. The number of nitro groups is 1. The number of carbonyl (C=O) groups is 2. The molecule has 1 aliphatic rings. The van der Waals surface area contributed by atoms with E-state index in [0.717, 1.165) is 13.1 Å². The van der Waals surface area contributed by atoms with E-state index in [-0.39, 0.29) is 22.6 Å². The highest BCUT2D eigenvalue weighted by molar-refractivity contribution is 6.46. The fraction of sp³-hybridized carbons (Fsp3) is 0.304. The first-order valence-corrected chi connectivity index (χ1v) is 10.2. The minimum atomic E-state index is -0.760. The lowest BCUT2D eigenvalue weighted by molar-refractivity contribution is -0.384. The van der Waals surface area contributed by atoms with E-state index in [4.69, 9.17) is 0 Å². The highest BCUT2D eigenvalue weighted by atomic mass is 16.6. The van der Waals surface area contributed by atoms with Crippen LogP contribution >= 0.6 is 0 Å². The molecule has 1 fully saturated rings. The van der Waals surface area contributed by atoms with Crippen molar-refractivity contribution in [3.8, 4) is 0 Å². The Morgan fingerprint density at radius 2 is 1.68 bits per heavy atom. The summed E-state index contributed by atoms with van der Waals surface area (Å²) >= 11 is 0. The summed E-state index contributed by atoms with van der Waals surface area (Å²) in [6.07, 6.45) is 0. The molecule has 0 aliphatic carbocycles. The Kier molecular flexibility index (Phi) is 6.81. The SMILES string of the molecule is CCN(CC)CCN1C(=O)C(=O)/C(=C(\O)c2ccc([N+](=O)[O-])cc2)C1c1ccccc1. The maximum Gasteiger partial charge on any atom is 0.295 e. The molecule has 1 N–H and O–H groups in total. The van der Waals surface area contributed by atoms with Gasteiger partial charge in [-0.2, -0.15) is 0 Å². The fourth-order valence-corrected chi connectivity index (χ4v) is 3.78. The van der Waals surface area contributed by atoms with E-state index < -0.39 is 22.7 Å². The normalized spacial score (nSPS) is 18.0. The molecular formula is C23H25N3O5. The number of aliphatic hydroxyl groups is 1. The number of hydrogen-bond acceptors (Lipinski definition) is 6. The van der Waals surface area contributed by atoms with Crippen LogP contribution in [0.2, 0.25) is 0 Å². The Morgan fingerprint density at radius 1 is 1.06 bits per heavy atom. The molecule has 1 saturated heterocycles. The van der Waals surface area contributed by atoms with Crippen molar-refractivity contribution in [1.29, 1.82) is 0 Å².